The number of hydrogen-bond acceptors (Lipinski definition) is 3. The van der Waals surface area contributed by atoms with E-state index in [0.29, 0.717) is 12.1 Å². The van der Waals surface area contributed by atoms with E-state index in [9.17, 15) is 4.79 Å². The minimum absolute atomic E-state index is 0.0601. The van der Waals surface area contributed by atoms with Crippen LogP contribution in [0.15, 0.2) is 97.1 Å². The van der Waals surface area contributed by atoms with Crippen LogP contribution in [0.1, 0.15) is 5.56 Å². The number of anilines is 2. The number of benzene rings is 4. The molecule has 0 spiro atoms. The highest BCUT2D eigenvalue weighted by Gasteiger charge is 2.09. The topological polar surface area (TPSA) is 83.8 Å². The first-order valence-corrected chi connectivity index (χ1v) is 10.4. The molecule has 5 rings (SSSR count). The van der Waals surface area contributed by atoms with Gasteiger partial charge in [0.1, 0.15) is 5.82 Å². The number of carbonyl (C=O) groups is 1. The fourth-order valence-electron chi connectivity index (χ4n) is 3.70. The Morgan fingerprint density at radius 3 is 2.25 bits per heavy atom. The van der Waals surface area contributed by atoms with Crippen molar-refractivity contribution in [1.29, 1.82) is 0 Å². The van der Waals surface area contributed by atoms with Crippen molar-refractivity contribution in [2.45, 2.75) is 6.42 Å². The molecule has 32 heavy (non-hydrogen) atoms. The van der Waals surface area contributed by atoms with Crippen molar-refractivity contribution >= 4 is 28.3 Å². The van der Waals surface area contributed by atoms with Crippen LogP contribution in [0.4, 0.5) is 11.4 Å². The molecular formula is C27H22N4O. The zero-order chi connectivity index (χ0) is 21.9. The lowest BCUT2D eigenvalue weighted by molar-refractivity contribution is -0.115. The van der Waals surface area contributed by atoms with Gasteiger partial charge >= 0.3 is 0 Å². The van der Waals surface area contributed by atoms with Gasteiger partial charge in [-0.2, -0.15) is 0 Å². The van der Waals surface area contributed by atoms with Crippen molar-refractivity contribution in [3.63, 3.8) is 0 Å². The van der Waals surface area contributed by atoms with E-state index >= 15 is 0 Å². The lowest BCUT2D eigenvalue weighted by atomic mass is 10.0. The lowest BCUT2D eigenvalue weighted by Crippen LogP contribution is -2.14. The highest BCUT2D eigenvalue weighted by Crippen LogP contribution is 2.24. The van der Waals surface area contributed by atoms with Gasteiger partial charge in [-0.25, -0.2) is 4.98 Å². The van der Waals surface area contributed by atoms with E-state index in [-0.39, 0.29) is 5.91 Å². The summed E-state index contributed by atoms with van der Waals surface area (Å²) in [7, 11) is 0. The first-order valence-electron chi connectivity index (χ1n) is 10.4. The predicted molar refractivity (Wildman–Crippen MR) is 130 cm³/mol. The second-order valence-electron chi connectivity index (χ2n) is 7.73. The molecule has 0 aliphatic heterocycles. The lowest BCUT2D eigenvalue weighted by Gasteiger charge is -2.07. The number of fused-ring (bicyclic) bond motifs is 1. The number of nitrogens with two attached hydrogens (primary N) is 1. The van der Waals surface area contributed by atoms with Gasteiger partial charge in [-0.3, -0.25) is 4.79 Å². The second-order valence-corrected chi connectivity index (χ2v) is 7.73. The molecule has 0 radical (unpaired) electrons. The quantitative estimate of drug-likeness (QED) is 0.322. The van der Waals surface area contributed by atoms with E-state index in [1.165, 1.54) is 0 Å². The van der Waals surface area contributed by atoms with Crippen LogP contribution in [0.5, 0.6) is 0 Å². The van der Waals surface area contributed by atoms with E-state index < -0.39 is 0 Å². The Bertz CT molecular complexity index is 1370. The third-order valence-corrected chi connectivity index (χ3v) is 5.38. The Balaban J connectivity index is 1.27. The highest BCUT2D eigenvalue weighted by atomic mass is 16.1. The maximum atomic E-state index is 12.6. The number of aromatic nitrogens is 2. The third-order valence-electron chi connectivity index (χ3n) is 5.38. The minimum atomic E-state index is -0.0601. The number of nitrogen functional groups attached to an aromatic ring is 1. The molecule has 0 bridgehead atoms. The normalized spacial score (nSPS) is 10.9. The number of nitrogens with one attached hydrogen (secondary N) is 2. The van der Waals surface area contributed by atoms with Crippen LogP contribution in [-0.4, -0.2) is 15.9 Å². The van der Waals surface area contributed by atoms with Crippen molar-refractivity contribution in [3.8, 4) is 22.5 Å². The maximum Gasteiger partial charge on any atom is 0.228 e. The van der Waals surface area contributed by atoms with Gasteiger partial charge in [0.15, 0.2) is 0 Å². The molecule has 1 aromatic heterocycles. The Labute approximate surface area is 185 Å². The summed E-state index contributed by atoms with van der Waals surface area (Å²) in [5, 5.41) is 2.98. The number of nitrogens with zero attached hydrogens (tertiary/aromatic N) is 1. The Hall–Kier alpha value is -4.38. The highest BCUT2D eigenvalue weighted by molar-refractivity contribution is 5.94. The average molecular weight is 419 g/mol. The minimum Gasteiger partial charge on any atom is -0.399 e. The summed E-state index contributed by atoms with van der Waals surface area (Å²) in [6.45, 7) is 0. The Kier molecular flexibility index (Phi) is 5.14. The molecule has 0 aliphatic rings. The zero-order valence-electron chi connectivity index (χ0n) is 17.4. The molecule has 0 unspecified atom stereocenters. The van der Waals surface area contributed by atoms with Gasteiger partial charge in [0.2, 0.25) is 5.91 Å². The van der Waals surface area contributed by atoms with Gasteiger partial charge in [-0.05, 0) is 59.2 Å². The van der Waals surface area contributed by atoms with Gasteiger partial charge in [0, 0.05) is 16.9 Å². The van der Waals surface area contributed by atoms with Crippen LogP contribution in [0.25, 0.3) is 33.5 Å². The molecule has 5 aromatic rings. The van der Waals surface area contributed by atoms with E-state index in [2.05, 4.69) is 27.4 Å². The average Bonchev–Trinajstić information content (AvgIpc) is 3.24. The SMILES string of the molecule is Nc1ccc(-c2nc3ccc(NC(=O)Cc4ccc(-c5ccccc5)cc4)cc3[nH]2)cc1. The van der Waals surface area contributed by atoms with Crippen molar-refractivity contribution in [1.82, 2.24) is 9.97 Å². The van der Waals surface area contributed by atoms with Crippen LogP contribution in [0, 0.1) is 0 Å². The summed E-state index contributed by atoms with van der Waals surface area (Å²) in [5.74, 6) is 0.706. The van der Waals surface area contributed by atoms with Crippen LogP contribution >= 0.6 is 0 Å². The molecule has 1 amide bonds. The Morgan fingerprint density at radius 1 is 0.812 bits per heavy atom. The maximum absolute atomic E-state index is 12.6. The third kappa shape index (κ3) is 4.23. The van der Waals surface area contributed by atoms with Gasteiger partial charge in [-0.15, -0.1) is 0 Å². The molecule has 0 fully saturated rings. The van der Waals surface area contributed by atoms with Gasteiger partial charge < -0.3 is 16.0 Å². The summed E-state index contributed by atoms with van der Waals surface area (Å²) in [6.07, 6.45) is 0.312. The summed E-state index contributed by atoms with van der Waals surface area (Å²) >= 11 is 0. The van der Waals surface area contributed by atoms with E-state index in [0.717, 1.165) is 44.8 Å². The fraction of sp³-hybridized carbons (Fsp3) is 0.0370. The van der Waals surface area contributed by atoms with E-state index in [1.807, 2.05) is 84.9 Å². The van der Waals surface area contributed by atoms with Crippen molar-refractivity contribution in [2.75, 3.05) is 11.1 Å². The fourth-order valence-corrected chi connectivity index (χ4v) is 3.70. The van der Waals surface area contributed by atoms with Gasteiger partial charge in [0.25, 0.3) is 0 Å². The smallest absolute Gasteiger partial charge is 0.228 e. The molecular weight excluding hydrogens is 396 g/mol. The van der Waals surface area contributed by atoms with Gasteiger partial charge in [-0.1, -0.05) is 54.6 Å². The summed E-state index contributed by atoms with van der Waals surface area (Å²) < 4.78 is 0. The monoisotopic (exact) mass is 418 g/mol. The molecule has 0 atom stereocenters. The summed E-state index contributed by atoms with van der Waals surface area (Å²) in [5.41, 5.74) is 13.1. The predicted octanol–water partition coefficient (Wildman–Crippen LogP) is 5.66. The molecule has 0 aliphatic carbocycles. The summed E-state index contributed by atoms with van der Waals surface area (Å²) in [6, 6.07) is 31.5. The first kappa shape index (κ1) is 19.6. The number of H-pyrrole nitrogens is 1. The van der Waals surface area contributed by atoms with Crippen molar-refractivity contribution in [3.05, 3.63) is 103 Å². The molecule has 1 heterocycles. The number of hydrogen-bond donors (Lipinski definition) is 3. The number of rotatable bonds is 5. The second kappa shape index (κ2) is 8.40. The molecule has 5 heteroatoms. The number of amides is 1. The summed E-state index contributed by atoms with van der Waals surface area (Å²) in [4.78, 5) is 20.5. The van der Waals surface area contributed by atoms with Crippen molar-refractivity contribution in [2.24, 2.45) is 0 Å². The molecule has 156 valence electrons. The van der Waals surface area contributed by atoms with E-state index in [1.54, 1.807) is 0 Å². The van der Waals surface area contributed by atoms with Crippen LogP contribution in [0.3, 0.4) is 0 Å². The number of imidazole rings is 1. The van der Waals surface area contributed by atoms with Crippen LogP contribution < -0.4 is 11.1 Å². The molecule has 0 saturated heterocycles. The van der Waals surface area contributed by atoms with Gasteiger partial charge in [0.05, 0.1) is 17.5 Å². The van der Waals surface area contributed by atoms with Crippen LogP contribution in [0.2, 0.25) is 0 Å². The zero-order valence-corrected chi connectivity index (χ0v) is 17.4. The van der Waals surface area contributed by atoms with E-state index in [4.69, 9.17) is 5.73 Å². The Morgan fingerprint density at radius 2 is 1.50 bits per heavy atom. The molecule has 4 N–H and O–H groups in total. The van der Waals surface area contributed by atoms with Crippen LogP contribution in [-0.2, 0) is 11.2 Å². The number of aromatic amines is 1. The molecule has 4 aromatic carbocycles. The first-order chi connectivity index (χ1) is 15.6. The number of carbonyl (C=O) groups excluding carboxylic acids is 1. The molecule has 0 saturated carbocycles. The van der Waals surface area contributed by atoms with Crippen molar-refractivity contribution < 1.29 is 4.79 Å². The molecule has 5 nitrogen and oxygen atoms in total. The largest absolute Gasteiger partial charge is 0.399 e. The standard InChI is InChI=1S/C27H22N4O/c28-22-12-10-21(11-13-22)27-30-24-15-14-23(17-25(24)31-27)29-26(32)16-18-6-8-20(9-7-18)19-4-2-1-3-5-19/h1-15,17H,16,28H2,(H,29,32)(H,30,31).